The Labute approximate surface area is 144 Å². The van der Waals surface area contributed by atoms with E-state index in [1.165, 1.54) is 9.80 Å². The number of imide groups is 1. The van der Waals surface area contributed by atoms with E-state index in [2.05, 4.69) is 6.07 Å². The predicted octanol–water partition coefficient (Wildman–Crippen LogP) is 2.78. The number of carbonyl (C=O) groups excluding carboxylic acids is 2. The number of nitriles is 1. The number of aromatic nitrogens is 1. The Kier molecular flexibility index (Phi) is 3.47. The van der Waals surface area contributed by atoms with Gasteiger partial charge < -0.3 is 4.40 Å². The third-order valence-electron chi connectivity index (χ3n) is 4.33. The third-order valence-corrected chi connectivity index (χ3v) is 4.33. The molecule has 1 aliphatic rings. The fourth-order valence-corrected chi connectivity index (χ4v) is 3.10. The van der Waals surface area contributed by atoms with Gasteiger partial charge in [-0.25, -0.2) is 4.79 Å². The fraction of sp³-hybridized carbons (Fsp3) is 0.105. The van der Waals surface area contributed by atoms with Crippen LogP contribution in [0.2, 0.25) is 0 Å². The Morgan fingerprint density at radius 3 is 2.56 bits per heavy atom. The molecule has 4 rings (SSSR count). The topological polar surface area (TPSA) is 68.8 Å². The van der Waals surface area contributed by atoms with Gasteiger partial charge in [-0.2, -0.15) is 5.26 Å². The number of hydrogen-bond acceptors (Lipinski definition) is 3. The van der Waals surface area contributed by atoms with Crippen LogP contribution in [0.25, 0.3) is 5.52 Å². The molecule has 0 radical (unpaired) electrons. The van der Waals surface area contributed by atoms with Crippen molar-refractivity contribution in [3.63, 3.8) is 0 Å². The van der Waals surface area contributed by atoms with E-state index in [-0.39, 0.29) is 25.0 Å². The van der Waals surface area contributed by atoms with Crippen LogP contribution in [0, 0.1) is 11.3 Å². The molecule has 0 spiro atoms. The number of hydrogen-bond donors (Lipinski definition) is 0. The number of amides is 3. The minimum Gasteiger partial charge on any atom is -0.322 e. The number of nitrogens with zero attached hydrogens (tertiary/aromatic N) is 4. The number of anilines is 1. The number of pyridine rings is 1. The highest BCUT2D eigenvalue weighted by Crippen LogP contribution is 2.25. The zero-order valence-corrected chi connectivity index (χ0v) is 13.3. The van der Waals surface area contributed by atoms with Crippen LogP contribution in [-0.4, -0.2) is 27.8 Å². The molecule has 0 aliphatic carbocycles. The van der Waals surface area contributed by atoms with E-state index in [1.807, 2.05) is 47.0 Å². The molecule has 6 nitrogen and oxygen atoms in total. The first kappa shape index (κ1) is 15.0. The summed E-state index contributed by atoms with van der Waals surface area (Å²) in [4.78, 5) is 27.7. The molecule has 2 aromatic heterocycles. The molecule has 25 heavy (non-hydrogen) atoms. The zero-order chi connectivity index (χ0) is 17.4. The van der Waals surface area contributed by atoms with Crippen LogP contribution in [-0.2, 0) is 11.3 Å². The first-order valence-corrected chi connectivity index (χ1v) is 7.84. The molecule has 0 N–H and O–H groups in total. The normalized spacial score (nSPS) is 14.4. The molecule has 3 amide bonds. The summed E-state index contributed by atoms with van der Waals surface area (Å²) >= 11 is 0. The van der Waals surface area contributed by atoms with Gasteiger partial charge in [-0.15, -0.1) is 0 Å². The molecule has 122 valence electrons. The molecular weight excluding hydrogens is 316 g/mol. The van der Waals surface area contributed by atoms with Crippen LogP contribution in [0.1, 0.15) is 11.1 Å². The molecule has 0 saturated carbocycles. The average molecular weight is 330 g/mol. The second kappa shape index (κ2) is 5.80. The first-order valence-electron chi connectivity index (χ1n) is 7.84. The van der Waals surface area contributed by atoms with Crippen LogP contribution in [0.5, 0.6) is 0 Å². The van der Waals surface area contributed by atoms with Crippen molar-refractivity contribution in [1.29, 1.82) is 5.26 Å². The van der Waals surface area contributed by atoms with Gasteiger partial charge in [0.25, 0.3) is 5.91 Å². The summed E-state index contributed by atoms with van der Waals surface area (Å²) < 4.78 is 1.83. The van der Waals surface area contributed by atoms with Gasteiger partial charge in [0.15, 0.2) is 0 Å². The Hall–Kier alpha value is -3.59. The van der Waals surface area contributed by atoms with Gasteiger partial charge in [-0.1, -0.05) is 24.3 Å². The lowest BCUT2D eigenvalue weighted by Gasteiger charge is -2.16. The van der Waals surface area contributed by atoms with E-state index >= 15 is 0 Å². The number of fused-ring (bicyclic) bond motifs is 1. The second-order valence-electron chi connectivity index (χ2n) is 5.82. The zero-order valence-electron chi connectivity index (χ0n) is 13.3. The Morgan fingerprint density at radius 2 is 1.80 bits per heavy atom. The summed E-state index contributed by atoms with van der Waals surface area (Å²) in [7, 11) is 0. The SMILES string of the molecule is N#Cc1c(CN2C(=O)CN(c3ccccc3)C2=O)cn2ccccc12. The molecule has 1 fully saturated rings. The molecule has 1 saturated heterocycles. The maximum atomic E-state index is 12.7. The van der Waals surface area contributed by atoms with Gasteiger partial charge in [-0.3, -0.25) is 14.6 Å². The van der Waals surface area contributed by atoms with Crippen molar-refractivity contribution in [1.82, 2.24) is 9.30 Å². The van der Waals surface area contributed by atoms with E-state index in [9.17, 15) is 14.9 Å². The lowest BCUT2D eigenvalue weighted by atomic mass is 10.1. The van der Waals surface area contributed by atoms with Crippen molar-refractivity contribution in [3.05, 3.63) is 72.1 Å². The molecule has 1 aliphatic heterocycles. The monoisotopic (exact) mass is 330 g/mol. The number of carbonyl (C=O) groups is 2. The fourth-order valence-electron chi connectivity index (χ4n) is 3.10. The smallest absolute Gasteiger partial charge is 0.322 e. The van der Waals surface area contributed by atoms with Crippen LogP contribution in [0.4, 0.5) is 10.5 Å². The molecular formula is C19H14N4O2. The van der Waals surface area contributed by atoms with Crippen LogP contribution < -0.4 is 4.90 Å². The van der Waals surface area contributed by atoms with Crippen molar-refractivity contribution >= 4 is 23.1 Å². The lowest BCUT2D eigenvalue weighted by molar-refractivity contribution is -0.125. The highest BCUT2D eigenvalue weighted by atomic mass is 16.2. The maximum absolute atomic E-state index is 12.7. The highest BCUT2D eigenvalue weighted by Gasteiger charge is 2.37. The van der Waals surface area contributed by atoms with E-state index in [4.69, 9.17) is 0 Å². The van der Waals surface area contributed by atoms with Gasteiger partial charge in [0.05, 0.1) is 17.6 Å². The second-order valence-corrected chi connectivity index (χ2v) is 5.82. The van der Waals surface area contributed by atoms with Crippen molar-refractivity contribution in [2.75, 3.05) is 11.4 Å². The largest absolute Gasteiger partial charge is 0.332 e. The van der Waals surface area contributed by atoms with E-state index in [0.717, 1.165) is 5.52 Å². The predicted molar refractivity (Wildman–Crippen MR) is 91.8 cm³/mol. The summed E-state index contributed by atoms with van der Waals surface area (Å²) in [6.45, 7) is 0.101. The average Bonchev–Trinajstić information content (AvgIpc) is 3.14. The van der Waals surface area contributed by atoms with Crippen LogP contribution in [0.3, 0.4) is 0 Å². The number of urea groups is 1. The van der Waals surface area contributed by atoms with Gasteiger partial charge in [0.2, 0.25) is 0 Å². The summed E-state index contributed by atoms with van der Waals surface area (Å²) in [5.41, 5.74) is 2.59. The molecule has 6 heteroatoms. The summed E-state index contributed by atoms with van der Waals surface area (Å²) in [6, 6.07) is 16.5. The molecule has 3 heterocycles. The highest BCUT2D eigenvalue weighted by molar-refractivity contribution is 6.12. The first-order chi connectivity index (χ1) is 12.2. The van der Waals surface area contributed by atoms with Gasteiger partial charge in [-0.05, 0) is 24.3 Å². The van der Waals surface area contributed by atoms with Crippen molar-refractivity contribution < 1.29 is 9.59 Å². The van der Waals surface area contributed by atoms with Crippen molar-refractivity contribution in [2.45, 2.75) is 6.54 Å². The van der Waals surface area contributed by atoms with E-state index in [1.54, 1.807) is 18.3 Å². The maximum Gasteiger partial charge on any atom is 0.332 e. The standard InChI is InChI=1S/C19H14N4O2/c20-10-16-14(11-21-9-5-4-8-17(16)21)12-23-18(24)13-22(19(23)25)15-6-2-1-3-7-15/h1-9,11H,12-13H2. The molecule has 0 unspecified atom stereocenters. The number of benzene rings is 1. The van der Waals surface area contributed by atoms with Crippen molar-refractivity contribution in [3.8, 4) is 6.07 Å². The Balaban J connectivity index is 1.66. The Morgan fingerprint density at radius 1 is 1.04 bits per heavy atom. The van der Waals surface area contributed by atoms with Crippen LogP contribution >= 0.6 is 0 Å². The quantitative estimate of drug-likeness (QED) is 0.693. The number of rotatable bonds is 3. The molecule has 3 aromatic rings. The summed E-state index contributed by atoms with van der Waals surface area (Å²) in [5.74, 6) is -0.270. The van der Waals surface area contributed by atoms with Crippen LogP contribution in [0.15, 0.2) is 60.9 Å². The van der Waals surface area contributed by atoms with Gasteiger partial charge >= 0.3 is 6.03 Å². The lowest BCUT2D eigenvalue weighted by Crippen LogP contribution is -2.32. The van der Waals surface area contributed by atoms with Gasteiger partial charge in [0.1, 0.15) is 12.6 Å². The Bertz CT molecular complexity index is 1020. The molecule has 1 aromatic carbocycles. The number of para-hydroxylation sites is 1. The summed E-state index contributed by atoms with van der Waals surface area (Å²) in [6.07, 6.45) is 3.63. The third kappa shape index (κ3) is 2.42. The minimum absolute atomic E-state index is 0.0120. The van der Waals surface area contributed by atoms with Crippen molar-refractivity contribution in [2.24, 2.45) is 0 Å². The summed E-state index contributed by atoms with van der Waals surface area (Å²) in [5, 5.41) is 9.48. The minimum atomic E-state index is -0.365. The van der Waals surface area contributed by atoms with E-state index in [0.29, 0.717) is 16.8 Å². The molecule has 0 atom stereocenters. The molecule has 0 bridgehead atoms. The van der Waals surface area contributed by atoms with E-state index < -0.39 is 0 Å². The van der Waals surface area contributed by atoms with Gasteiger partial charge in [0, 0.05) is 23.6 Å².